The number of hydrogen-bond acceptors (Lipinski definition) is 2. The van der Waals surface area contributed by atoms with Crippen molar-refractivity contribution in [3.05, 3.63) is 70.8 Å². The number of hydrogen-bond donors (Lipinski definition) is 1. The third-order valence-electron chi connectivity index (χ3n) is 3.14. The quantitative estimate of drug-likeness (QED) is 0.871. The van der Waals surface area contributed by atoms with Gasteiger partial charge in [0.15, 0.2) is 0 Å². The molecule has 3 heteroatoms. The highest BCUT2D eigenvalue weighted by Crippen LogP contribution is 2.10. The molecule has 0 spiro atoms. The molecule has 0 aliphatic rings. The lowest BCUT2D eigenvalue weighted by Crippen LogP contribution is -1.99. The van der Waals surface area contributed by atoms with Crippen LogP contribution in [0.4, 0.5) is 0 Å². The van der Waals surface area contributed by atoms with Crippen molar-refractivity contribution < 1.29 is 14.6 Å². The second kappa shape index (κ2) is 6.87. The van der Waals surface area contributed by atoms with Gasteiger partial charge in [0.25, 0.3) is 0 Å². The maximum Gasteiger partial charge on any atom is 0.335 e. The molecule has 0 radical (unpaired) electrons. The number of carboxylic acid groups (broad SMARTS) is 1. The summed E-state index contributed by atoms with van der Waals surface area (Å²) in [6, 6.07) is 15.1. The molecular formula is C17H18O3. The third kappa shape index (κ3) is 3.93. The van der Waals surface area contributed by atoms with Gasteiger partial charge in [-0.2, -0.15) is 0 Å². The molecule has 0 unspecified atom stereocenters. The molecule has 2 aromatic rings. The monoisotopic (exact) mass is 270 g/mol. The first kappa shape index (κ1) is 14.3. The first-order valence-corrected chi connectivity index (χ1v) is 6.67. The van der Waals surface area contributed by atoms with Gasteiger partial charge >= 0.3 is 5.97 Å². The van der Waals surface area contributed by atoms with Crippen LogP contribution in [0.3, 0.4) is 0 Å². The van der Waals surface area contributed by atoms with E-state index in [2.05, 4.69) is 31.2 Å². The number of ether oxygens (including phenoxy) is 1. The van der Waals surface area contributed by atoms with Gasteiger partial charge in [-0.15, -0.1) is 0 Å². The van der Waals surface area contributed by atoms with Crippen molar-refractivity contribution in [2.45, 2.75) is 26.6 Å². The first-order valence-electron chi connectivity index (χ1n) is 6.67. The van der Waals surface area contributed by atoms with E-state index in [1.54, 1.807) is 18.2 Å². The van der Waals surface area contributed by atoms with Gasteiger partial charge < -0.3 is 9.84 Å². The smallest absolute Gasteiger partial charge is 0.335 e. The van der Waals surface area contributed by atoms with Crippen LogP contribution >= 0.6 is 0 Å². The van der Waals surface area contributed by atoms with Gasteiger partial charge in [-0.25, -0.2) is 4.79 Å². The second-order valence-electron chi connectivity index (χ2n) is 4.67. The number of benzene rings is 2. The molecule has 2 rings (SSSR count). The van der Waals surface area contributed by atoms with Crippen molar-refractivity contribution in [2.24, 2.45) is 0 Å². The molecule has 0 aliphatic heterocycles. The van der Waals surface area contributed by atoms with E-state index in [4.69, 9.17) is 9.84 Å². The Morgan fingerprint density at radius 2 is 1.65 bits per heavy atom. The Kier molecular flexibility index (Phi) is 4.91. The average molecular weight is 270 g/mol. The zero-order valence-electron chi connectivity index (χ0n) is 11.5. The van der Waals surface area contributed by atoms with Crippen LogP contribution < -0.4 is 0 Å². The highest BCUT2D eigenvalue weighted by atomic mass is 16.5. The number of rotatable bonds is 6. The maximum atomic E-state index is 10.9. The van der Waals surface area contributed by atoms with Crippen LogP contribution in [0.25, 0.3) is 0 Å². The lowest BCUT2D eigenvalue weighted by Gasteiger charge is -2.06. The van der Waals surface area contributed by atoms with Crippen LogP contribution in [-0.4, -0.2) is 11.1 Å². The van der Waals surface area contributed by atoms with E-state index in [1.165, 1.54) is 5.56 Å². The molecule has 20 heavy (non-hydrogen) atoms. The maximum absolute atomic E-state index is 10.9. The van der Waals surface area contributed by atoms with E-state index in [9.17, 15) is 4.79 Å². The molecule has 0 amide bonds. The van der Waals surface area contributed by atoms with Crippen molar-refractivity contribution >= 4 is 5.97 Å². The molecule has 1 N–H and O–H groups in total. The summed E-state index contributed by atoms with van der Waals surface area (Å²) in [5.41, 5.74) is 3.59. The largest absolute Gasteiger partial charge is 0.478 e. The molecule has 0 saturated carbocycles. The van der Waals surface area contributed by atoms with E-state index >= 15 is 0 Å². The van der Waals surface area contributed by atoms with Gasteiger partial charge in [-0.3, -0.25) is 0 Å². The fourth-order valence-electron chi connectivity index (χ4n) is 1.95. The van der Waals surface area contributed by atoms with Gasteiger partial charge in [0.05, 0.1) is 18.8 Å². The van der Waals surface area contributed by atoms with Gasteiger partial charge in [-0.05, 0) is 35.2 Å². The Morgan fingerprint density at radius 1 is 1.00 bits per heavy atom. The zero-order valence-corrected chi connectivity index (χ0v) is 11.5. The summed E-state index contributed by atoms with van der Waals surface area (Å²) in [5, 5.41) is 8.92. The molecule has 0 aliphatic carbocycles. The number of aryl methyl sites for hydroxylation is 1. The first-order chi connectivity index (χ1) is 9.69. The van der Waals surface area contributed by atoms with E-state index in [-0.39, 0.29) is 0 Å². The van der Waals surface area contributed by atoms with Crippen LogP contribution in [0, 0.1) is 0 Å². The SMILES string of the molecule is CCc1ccc(COCc2cccc(C(=O)O)c2)cc1. The van der Waals surface area contributed by atoms with E-state index < -0.39 is 5.97 Å². The fraction of sp³-hybridized carbons (Fsp3) is 0.235. The summed E-state index contributed by atoms with van der Waals surface area (Å²) < 4.78 is 5.62. The molecule has 0 aromatic heterocycles. The van der Waals surface area contributed by atoms with Gasteiger partial charge in [-0.1, -0.05) is 43.3 Å². The molecule has 0 saturated heterocycles. The minimum absolute atomic E-state index is 0.290. The normalized spacial score (nSPS) is 10.4. The van der Waals surface area contributed by atoms with Gasteiger partial charge in [0, 0.05) is 0 Å². The van der Waals surface area contributed by atoms with Gasteiger partial charge in [0.2, 0.25) is 0 Å². The summed E-state index contributed by atoms with van der Waals surface area (Å²) in [4.78, 5) is 10.9. The summed E-state index contributed by atoms with van der Waals surface area (Å²) in [7, 11) is 0. The topological polar surface area (TPSA) is 46.5 Å². The Labute approximate surface area is 118 Å². The predicted octanol–water partition coefficient (Wildman–Crippen LogP) is 3.66. The standard InChI is InChI=1S/C17H18O3/c1-2-13-6-8-14(9-7-13)11-20-12-15-4-3-5-16(10-15)17(18)19/h3-10H,2,11-12H2,1H3,(H,18,19). The highest BCUT2D eigenvalue weighted by molar-refractivity contribution is 5.87. The van der Waals surface area contributed by atoms with Crippen molar-refractivity contribution in [3.8, 4) is 0 Å². The summed E-state index contributed by atoms with van der Waals surface area (Å²) in [6.45, 7) is 3.07. The van der Waals surface area contributed by atoms with Crippen molar-refractivity contribution in [1.82, 2.24) is 0 Å². The summed E-state index contributed by atoms with van der Waals surface area (Å²) in [5.74, 6) is -0.915. The molecule has 0 bridgehead atoms. The predicted molar refractivity (Wildman–Crippen MR) is 77.7 cm³/mol. The van der Waals surface area contributed by atoms with Crippen LogP contribution in [0.1, 0.15) is 34.0 Å². The van der Waals surface area contributed by atoms with Gasteiger partial charge in [0.1, 0.15) is 0 Å². The molecular weight excluding hydrogens is 252 g/mol. The zero-order chi connectivity index (χ0) is 14.4. The Hall–Kier alpha value is -2.13. The third-order valence-corrected chi connectivity index (χ3v) is 3.14. The molecule has 0 heterocycles. The lowest BCUT2D eigenvalue weighted by atomic mass is 10.1. The Bertz CT molecular complexity index is 573. The van der Waals surface area contributed by atoms with E-state index in [0.29, 0.717) is 18.8 Å². The van der Waals surface area contributed by atoms with E-state index in [0.717, 1.165) is 17.5 Å². The molecule has 0 atom stereocenters. The molecule has 2 aromatic carbocycles. The lowest BCUT2D eigenvalue weighted by molar-refractivity contribution is 0.0696. The highest BCUT2D eigenvalue weighted by Gasteiger charge is 2.03. The van der Waals surface area contributed by atoms with Crippen molar-refractivity contribution in [1.29, 1.82) is 0 Å². The number of carbonyl (C=O) groups is 1. The number of aromatic carboxylic acids is 1. The minimum Gasteiger partial charge on any atom is -0.478 e. The van der Waals surface area contributed by atoms with Crippen LogP contribution in [0.2, 0.25) is 0 Å². The molecule has 0 fully saturated rings. The van der Waals surface area contributed by atoms with Crippen molar-refractivity contribution in [3.63, 3.8) is 0 Å². The summed E-state index contributed by atoms with van der Waals surface area (Å²) in [6.07, 6.45) is 1.03. The average Bonchev–Trinajstić information content (AvgIpc) is 2.48. The van der Waals surface area contributed by atoms with Crippen LogP contribution in [0.15, 0.2) is 48.5 Å². The minimum atomic E-state index is -0.915. The molecule has 3 nitrogen and oxygen atoms in total. The van der Waals surface area contributed by atoms with Crippen LogP contribution in [0.5, 0.6) is 0 Å². The molecule has 104 valence electrons. The Balaban J connectivity index is 1.88. The number of carboxylic acids is 1. The Morgan fingerprint density at radius 3 is 2.30 bits per heavy atom. The van der Waals surface area contributed by atoms with Crippen LogP contribution in [-0.2, 0) is 24.4 Å². The van der Waals surface area contributed by atoms with E-state index in [1.807, 2.05) is 6.07 Å². The van der Waals surface area contributed by atoms with Crippen molar-refractivity contribution in [2.75, 3.05) is 0 Å². The fourth-order valence-corrected chi connectivity index (χ4v) is 1.95. The summed E-state index contributed by atoms with van der Waals surface area (Å²) >= 11 is 0. The second-order valence-corrected chi connectivity index (χ2v) is 4.67.